The van der Waals surface area contributed by atoms with E-state index in [-0.39, 0.29) is 31.3 Å². The van der Waals surface area contributed by atoms with Crippen molar-refractivity contribution in [3.63, 3.8) is 0 Å². The molecule has 2 heterocycles. The summed E-state index contributed by atoms with van der Waals surface area (Å²) in [5.74, 6) is -0.273. The molecule has 1 aromatic heterocycles. The zero-order valence-corrected chi connectivity index (χ0v) is 20.2. The van der Waals surface area contributed by atoms with Crippen molar-refractivity contribution in [2.75, 3.05) is 12.5 Å². The topological polar surface area (TPSA) is 94.6 Å². The minimum Gasteiger partial charge on any atom is -0.485 e. The van der Waals surface area contributed by atoms with Gasteiger partial charge in [0.25, 0.3) is 0 Å². The Labute approximate surface area is 208 Å². The highest BCUT2D eigenvalue weighted by Crippen LogP contribution is 2.35. The van der Waals surface area contributed by atoms with Crippen LogP contribution >= 0.6 is 11.8 Å². The first-order valence-corrected chi connectivity index (χ1v) is 12.3. The molecule has 2 aromatic carbocycles. The third-order valence-corrected chi connectivity index (χ3v) is 7.00. The maximum absolute atomic E-state index is 13.0. The maximum atomic E-state index is 13.0. The highest BCUT2D eigenvalue weighted by Gasteiger charge is 2.51. The van der Waals surface area contributed by atoms with Crippen LogP contribution in [0.4, 0.5) is 0 Å². The predicted molar refractivity (Wildman–Crippen MR) is 133 cm³/mol. The largest absolute Gasteiger partial charge is 0.485 e. The fourth-order valence-electron chi connectivity index (χ4n) is 3.64. The number of carbonyl (C=O) groups excluding carboxylic acids is 3. The number of pyridine rings is 1. The summed E-state index contributed by atoms with van der Waals surface area (Å²) in [6.07, 6.45) is 2.74. The van der Waals surface area contributed by atoms with Crippen molar-refractivity contribution in [3.8, 4) is 5.75 Å². The minimum absolute atomic E-state index is 0.103. The normalized spacial score (nSPS) is 17.0. The fourth-order valence-corrected chi connectivity index (χ4v) is 4.74. The van der Waals surface area contributed by atoms with Gasteiger partial charge in [0.1, 0.15) is 18.1 Å². The highest BCUT2D eigenvalue weighted by atomic mass is 32.2. The maximum Gasteiger partial charge on any atom is 0.332 e. The van der Waals surface area contributed by atoms with Crippen LogP contribution in [-0.4, -0.2) is 39.9 Å². The van der Waals surface area contributed by atoms with Crippen molar-refractivity contribution < 1.29 is 23.9 Å². The third kappa shape index (κ3) is 5.89. The van der Waals surface area contributed by atoms with Gasteiger partial charge in [-0.3, -0.25) is 14.6 Å². The predicted octanol–water partition coefficient (Wildman–Crippen LogP) is 3.75. The number of rotatable bonds is 10. The van der Waals surface area contributed by atoms with E-state index in [0.29, 0.717) is 17.3 Å². The molecule has 0 bridgehead atoms. The highest BCUT2D eigenvalue weighted by molar-refractivity contribution is 8.02. The van der Waals surface area contributed by atoms with E-state index in [2.05, 4.69) is 10.3 Å². The summed E-state index contributed by atoms with van der Waals surface area (Å²) in [4.78, 5) is 42.2. The van der Waals surface area contributed by atoms with E-state index in [4.69, 9.17) is 9.47 Å². The molecule has 0 spiro atoms. The Morgan fingerprint density at radius 2 is 1.74 bits per heavy atom. The van der Waals surface area contributed by atoms with Crippen LogP contribution in [0, 0.1) is 0 Å². The van der Waals surface area contributed by atoms with Crippen LogP contribution in [-0.2, 0) is 33.8 Å². The summed E-state index contributed by atoms with van der Waals surface area (Å²) >= 11 is 1.24. The molecule has 1 aliphatic heterocycles. The minimum atomic E-state index is -1.34. The number of benzene rings is 2. The third-order valence-electron chi connectivity index (χ3n) is 5.73. The first-order chi connectivity index (χ1) is 17.0. The average molecular weight is 491 g/mol. The second-order valence-corrected chi connectivity index (χ2v) is 9.40. The van der Waals surface area contributed by atoms with Crippen LogP contribution < -0.4 is 10.1 Å². The number of nitrogens with one attached hydrogen (secondary N) is 1. The van der Waals surface area contributed by atoms with Crippen LogP contribution in [0.15, 0.2) is 72.9 Å². The molecule has 3 aromatic rings. The van der Waals surface area contributed by atoms with Crippen LogP contribution in [0.2, 0.25) is 0 Å². The number of hydrogen-bond donors (Lipinski definition) is 1. The molecule has 35 heavy (non-hydrogen) atoms. The molecule has 7 nitrogen and oxygen atoms in total. The molecule has 0 saturated carbocycles. The molecule has 1 unspecified atom stereocenters. The van der Waals surface area contributed by atoms with E-state index in [1.54, 1.807) is 36.5 Å². The van der Waals surface area contributed by atoms with Gasteiger partial charge in [0.05, 0.1) is 5.88 Å². The quantitative estimate of drug-likeness (QED) is 0.263. The standard InChI is InChI=1S/C27H26N2O5S/c1-2-19-10-13-23(28-15-19)24(30)17-33-22-11-8-20(9-12-22)14-27(25(31)29-18-35-27)26(32)34-16-21-6-4-3-5-7-21/h3-13,15H,2,14,16-18H2,1H3,(H,29,31). The Kier molecular flexibility index (Phi) is 7.82. The van der Waals surface area contributed by atoms with Gasteiger partial charge in [-0.2, -0.15) is 0 Å². The molecule has 1 amide bonds. The number of ketones is 1. The summed E-state index contributed by atoms with van der Waals surface area (Å²) < 4.78 is 9.79. The number of amides is 1. The van der Waals surface area contributed by atoms with Crippen LogP contribution in [0.1, 0.15) is 34.1 Å². The molecule has 1 fully saturated rings. The molecule has 1 aliphatic rings. The van der Waals surface area contributed by atoms with Gasteiger partial charge >= 0.3 is 5.97 Å². The van der Waals surface area contributed by atoms with E-state index >= 15 is 0 Å². The summed E-state index contributed by atoms with van der Waals surface area (Å²) in [6.45, 7) is 2.00. The van der Waals surface area contributed by atoms with E-state index in [9.17, 15) is 14.4 Å². The lowest BCUT2D eigenvalue weighted by Crippen LogP contribution is -2.46. The molecule has 4 rings (SSSR count). The molecule has 0 radical (unpaired) electrons. The zero-order valence-electron chi connectivity index (χ0n) is 19.4. The first-order valence-electron chi connectivity index (χ1n) is 11.3. The van der Waals surface area contributed by atoms with Crippen molar-refractivity contribution in [1.29, 1.82) is 0 Å². The number of Topliss-reactive ketones (excluding diaryl/α,β-unsaturated/α-hetero) is 1. The van der Waals surface area contributed by atoms with Gasteiger partial charge in [0.2, 0.25) is 11.7 Å². The van der Waals surface area contributed by atoms with Gasteiger partial charge in [-0.15, -0.1) is 11.8 Å². The SMILES string of the molecule is CCc1ccc(C(=O)COc2ccc(CC3(C(=O)OCc4ccccc4)SCNC3=O)cc2)nc1. The van der Waals surface area contributed by atoms with Crippen molar-refractivity contribution in [1.82, 2.24) is 10.3 Å². The number of aryl methyl sites for hydroxylation is 1. The number of nitrogens with zero attached hydrogens (tertiary/aromatic N) is 1. The molecule has 8 heteroatoms. The van der Waals surface area contributed by atoms with E-state index < -0.39 is 10.7 Å². The van der Waals surface area contributed by atoms with Crippen molar-refractivity contribution in [2.24, 2.45) is 0 Å². The Balaban J connectivity index is 1.37. The number of thioether (sulfide) groups is 1. The molecule has 1 saturated heterocycles. The summed E-state index contributed by atoms with van der Waals surface area (Å²) in [5, 5.41) is 2.73. The number of ether oxygens (including phenoxy) is 2. The van der Waals surface area contributed by atoms with Gasteiger partial charge in [0.15, 0.2) is 11.4 Å². The molecule has 1 atom stereocenters. The average Bonchev–Trinajstić information content (AvgIpc) is 3.28. The first kappa shape index (κ1) is 24.5. The molecular weight excluding hydrogens is 464 g/mol. The summed E-state index contributed by atoms with van der Waals surface area (Å²) in [6, 6.07) is 19.9. The smallest absolute Gasteiger partial charge is 0.332 e. The molecular formula is C27H26N2O5S. The van der Waals surface area contributed by atoms with E-state index in [0.717, 1.165) is 23.1 Å². The van der Waals surface area contributed by atoms with Gasteiger partial charge in [-0.25, -0.2) is 4.79 Å². The van der Waals surface area contributed by atoms with Crippen LogP contribution in [0.25, 0.3) is 0 Å². The number of hydrogen-bond acceptors (Lipinski definition) is 7. The lowest BCUT2D eigenvalue weighted by Gasteiger charge is -2.23. The van der Waals surface area contributed by atoms with E-state index in [1.807, 2.05) is 43.3 Å². The van der Waals surface area contributed by atoms with Crippen molar-refractivity contribution >= 4 is 29.4 Å². The second kappa shape index (κ2) is 11.2. The fraction of sp³-hybridized carbons (Fsp3) is 0.259. The monoisotopic (exact) mass is 490 g/mol. The van der Waals surface area contributed by atoms with Crippen molar-refractivity contribution in [3.05, 3.63) is 95.3 Å². The van der Waals surface area contributed by atoms with Crippen molar-refractivity contribution in [2.45, 2.75) is 31.1 Å². The van der Waals surface area contributed by atoms with Gasteiger partial charge in [-0.05, 0) is 41.3 Å². The second-order valence-electron chi connectivity index (χ2n) is 8.12. The number of aromatic nitrogens is 1. The van der Waals surface area contributed by atoms with Gasteiger partial charge in [-0.1, -0.05) is 55.5 Å². The van der Waals surface area contributed by atoms with Crippen LogP contribution in [0.5, 0.6) is 5.75 Å². The Morgan fingerprint density at radius 1 is 1.00 bits per heavy atom. The summed E-state index contributed by atoms with van der Waals surface area (Å²) in [5.41, 5.74) is 3.06. The van der Waals surface area contributed by atoms with Crippen LogP contribution in [0.3, 0.4) is 0 Å². The Bertz CT molecular complexity index is 1180. The zero-order chi connectivity index (χ0) is 24.7. The van der Waals surface area contributed by atoms with E-state index in [1.165, 1.54) is 11.8 Å². The summed E-state index contributed by atoms with van der Waals surface area (Å²) in [7, 11) is 0. The number of esters is 1. The molecule has 180 valence electrons. The molecule has 1 N–H and O–H groups in total. The van der Waals surface area contributed by atoms with Gasteiger partial charge in [0, 0.05) is 12.6 Å². The Morgan fingerprint density at radius 3 is 2.37 bits per heavy atom. The Hall–Kier alpha value is -3.65. The van der Waals surface area contributed by atoms with Gasteiger partial charge < -0.3 is 14.8 Å². The number of carbonyl (C=O) groups is 3. The molecule has 0 aliphatic carbocycles. The lowest BCUT2D eigenvalue weighted by molar-refractivity contribution is -0.150. The lowest BCUT2D eigenvalue weighted by atomic mass is 9.97.